The van der Waals surface area contributed by atoms with E-state index >= 15 is 0 Å². The summed E-state index contributed by atoms with van der Waals surface area (Å²) < 4.78 is 11.3. The van der Waals surface area contributed by atoms with Crippen molar-refractivity contribution in [1.82, 2.24) is 16.2 Å². The highest BCUT2D eigenvalue weighted by Gasteiger charge is 2.13. The van der Waals surface area contributed by atoms with Gasteiger partial charge in [-0.3, -0.25) is 25.8 Å². The monoisotopic (exact) mass is 457 g/mol. The second kappa shape index (κ2) is 14.0. The number of carbonyl (C=O) groups excluding carboxylic acids is 2. The molecule has 8 heteroatoms. The molecular weight excluding hydrogens is 426 g/mol. The maximum Gasteiger partial charge on any atom is 0.273 e. The van der Waals surface area contributed by atoms with Gasteiger partial charge < -0.3 is 9.47 Å². The molecule has 0 aliphatic heterocycles. The summed E-state index contributed by atoms with van der Waals surface area (Å²) in [6, 6.07) is 13.7. The molecule has 0 atom stereocenters. The van der Waals surface area contributed by atoms with Crippen LogP contribution in [0.25, 0.3) is 0 Å². The van der Waals surface area contributed by atoms with Gasteiger partial charge in [0.15, 0.2) is 5.11 Å². The van der Waals surface area contributed by atoms with Gasteiger partial charge in [-0.15, -0.1) is 0 Å². The Bertz CT molecular complexity index is 887. The van der Waals surface area contributed by atoms with Gasteiger partial charge in [0.1, 0.15) is 11.5 Å². The Labute approximate surface area is 194 Å². The lowest BCUT2D eigenvalue weighted by molar-refractivity contribution is 0.0931. The van der Waals surface area contributed by atoms with Crippen molar-refractivity contribution in [3.8, 4) is 11.5 Å². The van der Waals surface area contributed by atoms with Crippen LogP contribution < -0.4 is 25.6 Å². The molecule has 0 fully saturated rings. The molecule has 0 saturated carbocycles. The quantitative estimate of drug-likeness (QED) is 0.264. The number of hydrogen-bond donors (Lipinski definition) is 3. The molecule has 0 bridgehead atoms. The number of carbonyl (C=O) groups is 2. The number of para-hydroxylation sites is 1. The van der Waals surface area contributed by atoms with Gasteiger partial charge in [-0.2, -0.15) is 0 Å². The number of hydrogen-bond acceptors (Lipinski definition) is 5. The highest BCUT2D eigenvalue weighted by atomic mass is 32.1. The van der Waals surface area contributed by atoms with E-state index in [0.29, 0.717) is 30.1 Å². The molecule has 0 aliphatic rings. The van der Waals surface area contributed by atoms with Crippen molar-refractivity contribution in [3.63, 3.8) is 0 Å². The highest BCUT2D eigenvalue weighted by Crippen LogP contribution is 2.18. The third kappa shape index (κ3) is 8.55. The van der Waals surface area contributed by atoms with Gasteiger partial charge in [0, 0.05) is 5.56 Å². The fourth-order valence-corrected chi connectivity index (χ4v) is 2.94. The van der Waals surface area contributed by atoms with Crippen LogP contribution in [0.4, 0.5) is 0 Å². The molecule has 0 saturated heterocycles. The first-order valence-electron chi connectivity index (χ1n) is 10.9. The standard InChI is InChI=1S/C24H31N3O4S/c1-3-5-6-9-17-30-19-14-12-18(13-15-19)22(28)25-24(32)27-26-23(29)20-10-7-8-11-21(20)31-16-4-2/h7-8,10-15H,3-6,9,16-17H2,1-2H3,(H,26,29)(H2,25,27,28,32). The van der Waals surface area contributed by atoms with E-state index in [9.17, 15) is 9.59 Å². The lowest BCUT2D eigenvalue weighted by Crippen LogP contribution is -2.48. The van der Waals surface area contributed by atoms with Crippen molar-refractivity contribution in [2.24, 2.45) is 0 Å². The van der Waals surface area contributed by atoms with Gasteiger partial charge in [-0.1, -0.05) is 45.2 Å². The Balaban J connectivity index is 1.79. The number of amides is 2. The number of hydrazine groups is 1. The summed E-state index contributed by atoms with van der Waals surface area (Å²) in [5, 5.41) is 2.51. The van der Waals surface area contributed by atoms with E-state index < -0.39 is 11.8 Å². The SMILES string of the molecule is CCCCCCOc1ccc(C(=O)NC(=S)NNC(=O)c2ccccc2OCCC)cc1. The largest absolute Gasteiger partial charge is 0.494 e. The third-order valence-electron chi connectivity index (χ3n) is 4.49. The average molecular weight is 458 g/mol. The second-order valence-corrected chi connectivity index (χ2v) is 7.55. The number of thiocarbonyl (C=S) groups is 1. The van der Waals surface area contributed by atoms with Crippen LogP contribution in [-0.4, -0.2) is 30.1 Å². The molecule has 0 spiro atoms. The van der Waals surface area contributed by atoms with Gasteiger partial charge in [0.25, 0.3) is 11.8 Å². The zero-order chi connectivity index (χ0) is 23.2. The lowest BCUT2D eigenvalue weighted by Gasteiger charge is -2.13. The van der Waals surface area contributed by atoms with Crippen LogP contribution in [-0.2, 0) is 0 Å². The Morgan fingerprint density at radius 2 is 1.56 bits per heavy atom. The topological polar surface area (TPSA) is 88.7 Å². The van der Waals surface area contributed by atoms with Crippen LogP contribution in [0.15, 0.2) is 48.5 Å². The van der Waals surface area contributed by atoms with E-state index in [2.05, 4.69) is 23.1 Å². The zero-order valence-corrected chi connectivity index (χ0v) is 19.4. The molecule has 3 N–H and O–H groups in total. The van der Waals surface area contributed by atoms with E-state index in [1.54, 1.807) is 48.5 Å². The van der Waals surface area contributed by atoms with Crippen molar-refractivity contribution in [2.75, 3.05) is 13.2 Å². The molecular formula is C24H31N3O4S. The smallest absolute Gasteiger partial charge is 0.273 e. The fourth-order valence-electron chi connectivity index (χ4n) is 2.80. The van der Waals surface area contributed by atoms with E-state index in [-0.39, 0.29) is 5.11 Å². The fraction of sp³-hybridized carbons (Fsp3) is 0.375. The van der Waals surface area contributed by atoms with E-state index in [1.807, 2.05) is 6.92 Å². The zero-order valence-electron chi connectivity index (χ0n) is 18.6. The molecule has 172 valence electrons. The molecule has 0 aliphatic carbocycles. The van der Waals surface area contributed by atoms with Crippen molar-refractivity contribution < 1.29 is 19.1 Å². The van der Waals surface area contributed by atoms with Crippen LogP contribution in [0, 0.1) is 0 Å². The van der Waals surface area contributed by atoms with Crippen LogP contribution in [0.3, 0.4) is 0 Å². The molecule has 0 aromatic heterocycles. The minimum absolute atomic E-state index is 0.0217. The molecule has 2 amide bonds. The van der Waals surface area contributed by atoms with E-state index in [0.717, 1.165) is 25.0 Å². The van der Waals surface area contributed by atoms with Crippen LogP contribution in [0.1, 0.15) is 66.7 Å². The number of benzene rings is 2. The van der Waals surface area contributed by atoms with E-state index in [1.165, 1.54) is 12.8 Å². The van der Waals surface area contributed by atoms with Crippen molar-refractivity contribution in [1.29, 1.82) is 0 Å². The van der Waals surface area contributed by atoms with Gasteiger partial charge in [-0.05, 0) is 61.5 Å². The Hall–Kier alpha value is -3.13. The van der Waals surface area contributed by atoms with Crippen LogP contribution in [0.5, 0.6) is 11.5 Å². The molecule has 32 heavy (non-hydrogen) atoms. The minimum atomic E-state index is -0.422. The summed E-state index contributed by atoms with van der Waals surface area (Å²) in [6.07, 6.45) is 5.38. The normalized spacial score (nSPS) is 10.2. The van der Waals surface area contributed by atoms with Crippen molar-refractivity contribution in [2.45, 2.75) is 46.0 Å². The minimum Gasteiger partial charge on any atom is -0.494 e. The van der Waals surface area contributed by atoms with Gasteiger partial charge in [0.05, 0.1) is 18.8 Å². The van der Waals surface area contributed by atoms with Gasteiger partial charge in [0.2, 0.25) is 0 Å². The molecule has 7 nitrogen and oxygen atoms in total. The first-order chi connectivity index (χ1) is 15.5. The number of nitrogens with one attached hydrogen (secondary N) is 3. The molecule has 2 rings (SSSR count). The number of rotatable bonds is 11. The van der Waals surface area contributed by atoms with Crippen LogP contribution >= 0.6 is 12.2 Å². The van der Waals surface area contributed by atoms with Crippen molar-refractivity contribution >= 4 is 29.1 Å². The third-order valence-corrected chi connectivity index (χ3v) is 4.70. The van der Waals surface area contributed by atoms with Gasteiger partial charge >= 0.3 is 0 Å². The van der Waals surface area contributed by atoms with Crippen molar-refractivity contribution in [3.05, 3.63) is 59.7 Å². The molecule has 2 aromatic rings. The molecule has 0 unspecified atom stereocenters. The molecule has 2 aromatic carbocycles. The molecule has 0 heterocycles. The average Bonchev–Trinajstić information content (AvgIpc) is 2.81. The Morgan fingerprint density at radius 1 is 0.812 bits per heavy atom. The Morgan fingerprint density at radius 3 is 2.28 bits per heavy atom. The summed E-state index contributed by atoms with van der Waals surface area (Å²) in [5.74, 6) is 0.387. The second-order valence-electron chi connectivity index (χ2n) is 7.14. The summed E-state index contributed by atoms with van der Waals surface area (Å²) in [5.41, 5.74) is 5.81. The molecule has 0 radical (unpaired) electrons. The van der Waals surface area contributed by atoms with Gasteiger partial charge in [-0.25, -0.2) is 0 Å². The summed E-state index contributed by atoms with van der Waals surface area (Å²) in [7, 11) is 0. The maximum atomic E-state index is 12.4. The number of unbranched alkanes of at least 4 members (excludes halogenated alkanes) is 3. The van der Waals surface area contributed by atoms with E-state index in [4.69, 9.17) is 21.7 Å². The highest BCUT2D eigenvalue weighted by molar-refractivity contribution is 7.80. The summed E-state index contributed by atoms with van der Waals surface area (Å²) in [4.78, 5) is 24.8. The first kappa shape index (κ1) is 25.1. The predicted molar refractivity (Wildman–Crippen MR) is 129 cm³/mol. The number of ether oxygens (including phenoxy) is 2. The lowest BCUT2D eigenvalue weighted by atomic mass is 10.2. The predicted octanol–water partition coefficient (Wildman–Crippen LogP) is 4.38. The first-order valence-corrected chi connectivity index (χ1v) is 11.3. The summed E-state index contributed by atoms with van der Waals surface area (Å²) in [6.45, 7) is 5.32. The summed E-state index contributed by atoms with van der Waals surface area (Å²) >= 11 is 5.11. The van der Waals surface area contributed by atoms with Crippen LogP contribution in [0.2, 0.25) is 0 Å². The Kier molecular flexibility index (Phi) is 11.0. The maximum absolute atomic E-state index is 12.4.